The smallest absolute Gasteiger partial charge is 0.197 e. The van der Waals surface area contributed by atoms with Gasteiger partial charge in [-0.1, -0.05) is 31.6 Å². The first-order valence-electron chi connectivity index (χ1n) is 5.43. The second-order valence-electron chi connectivity index (χ2n) is 3.50. The molecule has 0 unspecified atom stereocenters. The van der Waals surface area contributed by atoms with Gasteiger partial charge in [-0.3, -0.25) is 10.3 Å². The maximum absolute atomic E-state index is 5.29. The Labute approximate surface area is 95.5 Å². The summed E-state index contributed by atoms with van der Waals surface area (Å²) >= 11 is 1.62. The molecule has 1 heterocycles. The van der Waals surface area contributed by atoms with E-state index in [4.69, 9.17) is 5.84 Å². The molecule has 0 aliphatic rings. The number of hydrogen-bond acceptors (Lipinski definition) is 5. The number of thiazole rings is 1. The average Bonchev–Trinajstić information content (AvgIpc) is 2.71. The first kappa shape index (κ1) is 12.4. The van der Waals surface area contributed by atoms with E-state index in [1.807, 2.05) is 6.20 Å². The molecule has 0 spiro atoms. The lowest BCUT2D eigenvalue weighted by molar-refractivity contribution is 0.277. The molecule has 0 saturated carbocycles. The quantitative estimate of drug-likeness (QED) is 0.554. The van der Waals surface area contributed by atoms with Crippen molar-refractivity contribution in [3.8, 4) is 0 Å². The van der Waals surface area contributed by atoms with E-state index in [0.717, 1.165) is 24.8 Å². The fraction of sp³-hybridized carbons (Fsp3) is 0.700. The van der Waals surface area contributed by atoms with E-state index in [-0.39, 0.29) is 0 Å². The van der Waals surface area contributed by atoms with Crippen molar-refractivity contribution in [2.24, 2.45) is 5.84 Å². The standard InChI is InChI=1S/C10H20N4S/c1-3-5-6-14(4-2)8-9-7-12-10(13-11)15-9/h7H,3-6,8,11H2,1-2H3,(H,12,13). The van der Waals surface area contributed by atoms with Crippen LogP contribution in [0.1, 0.15) is 31.6 Å². The van der Waals surface area contributed by atoms with Crippen LogP contribution < -0.4 is 11.3 Å². The first-order chi connectivity index (χ1) is 7.30. The minimum Gasteiger partial charge on any atom is -0.300 e. The van der Waals surface area contributed by atoms with Crippen molar-refractivity contribution in [3.05, 3.63) is 11.1 Å². The van der Waals surface area contributed by atoms with Crippen molar-refractivity contribution in [1.82, 2.24) is 9.88 Å². The van der Waals surface area contributed by atoms with E-state index in [9.17, 15) is 0 Å². The highest BCUT2D eigenvalue weighted by Crippen LogP contribution is 2.18. The topological polar surface area (TPSA) is 54.2 Å². The monoisotopic (exact) mass is 228 g/mol. The van der Waals surface area contributed by atoms with Crippen molar-refractivity contribution in [2.75, 3.05) is 18.5 Å². The third-order valence-electron chi connectivity index (χ3n) is 2.33. The number of anilines is 1. The molecule has 0 atom stereocenters. The Hall–Kier alpha value is -0.650. The number of nitrogen functional groups attached to an aromatic ring is 1. The summed E-state index contributed by atoms with van der Waals surface area (Å²) in [5.41, 5.74) is 2.57. The number of nitrogens with two attached hydrogens (primary N) is 1. The zero-order chi connectivity index (χ0) is 11.1. The maximum atomic E-state index is 5.29. The van der Waals surface area contributed by atoms with Gasteiger partial charge in [-0.25, -0.2) is 10.8 Å². The minimum absolute atomic E-state index is 0.788. The largest absolute Gasteiger partial charge is 0.300 e. The van der Waals surface area contributed by atoms with Crippen LogP contribution in [0.5, 0.6) is 0 Å². The number of unbranched alkanes of at least 4 members (excludes halogenated alkanes) is 1. The van der Waals surface area contributed by atoms with Crippen LogP contribution in [0.2, 0.25) is 0 Å². The average molecular weight is 228 g/mol. The van der Waals surface area contributed by atoms with Crippen molar-refractivity contribution in [2.45, 2.75) is 33.2 Å². The van der Waals surface area contributed by atoms with Crippen molar-refractivity contribution >= 4 is 16.5 Å². The molecule has 0 aliphatic carbocycles. The van der Waals surface area contributed by atoms with Gasteiger partial charge in [-0.05, 0) is 19.5 Å². The molecule has 3 N–H and O–H groups in total. The van der Waals surface area contributed by atoms with Crippen molar-refractivity contribution < 1.29 is 0 Å². The van der Waals surface area contributed by atoms with E-state index >= 15 is 0 Å². The van der Waals surface area contributed by atoms with Gasteiger partial charge in [0, 0.05) is 17.6 Å². The molecule has 0 aliphatic heterocycles. The fourth-order valence-corrected chi connectivity index (χ4v) is 2.16. The lowest BCUT2D eigenvalue weighted by Crippen LogP contribution is -2.23. The highest BCUT2D eigenvalue weighted by molar-refractivity contribution is 7.15. The number of nitrogens with one attached hydrogen (secondary N) is 1. The van der Waals surface area contributed by atoms with Gasteiger partial charge in [0.2, 0.25) is 0 Å². The van der Waals surface area contributed by atoms with Gasteiger partial charge in [-0.15, -0.1) is 0 Å². The SMILES string of the molecule is CCCCN(CC)Cc1cnc(NN)s1. The molecule has 0 fully saturated rings. The summed E-state index contributed by atoms with van der Waals surface area (Å²) in [5.74, 6) is 5.29. The molecule has 0 radical (unpaired) electrons. The third kappa shape index (κ3) is 4.15. The second kappa shape index (κ2) is 6.76. The fourth-order valence-electron chi connectivity index (χ4n) is 1.40. The number of hydrogen-bond donors (Lipinski definition) is 2. The maximum Gasteiger partial charge on any atom is 0.197 e. The van der Waals surface area contributed by atoms with Crippen LogP contribution in [0.15, 0.2) is 6.20 Å². The molecule has 86 valence electrons. The highest BCUT2D eigenvalue weighted by Gasteiger charge is 2.06. The summed E-state index contributed by atoms with van der Waals surface area (Å²) in [6, 6.07) is 0. The Bertz CT molecular complexity index is 274. The van der Waals surface area contributed by atoms with E-state index in [2.05, 4.69) is 29.2 Å². The van der Waals surface area contributed by atoms with E-state index in [1.54, 1.807) is 11.3 Å². The summed E-state index contributed by atoms with van der Waals surface area (Å²) in [6.45, 7) is 7.64. The van der Waals surface area contributed by atoms with Crippen LogP contribution in [-0.2, 0) is 6.54 Å². The van der Waals surface area contributed by atoms with Crippen LogP contribution in [0.25, 0.3) is 0 Å². The molecule has 4 nitrogen and oxygen atoms in total. The van der Waals surface area contributed by atoms with Gasteiger partial charge in [0.05, 0.1) is 0 Å². The Morgan fingerprint density at radius 3 is 2.87 bits per heavy atom. The minimum atomic E-state index is 0.788. The van der Waals surface area contributed by atoms with Crippen LogP contribution >= 0.6 is 11.3 Å². The predicted molar refractivity (Wildman–Crippen MR) is 65.8 cm³/mol. The Balaban J connectivity index is 2.43. The molecule has 0 amide bonds. The predicted octanol–water partition coefficient (Wildman–Crippen LogP) is 2.05. The third-order valence-corrected chi connectivity index (χ3v) is 3.24. The van der Waals surface area contributed by atoms with Gasteiger partial charge >= 0.3 is 0 Å². The number of rotatable bonds is 7. The molecular formula is C10H20N4S. The number of hydrazine groups is 1. The van der Waals surface area contributed by atoms with Crippen LogP contribution in [0, 0.1) is 0 Å². The second-order valence-corrected chi connectivity index (χ2v) is 4.61. The molecule has 15 heavy (non-hydrogen) atoms. The molecule has 0 aromatic carbocycles. The summed E-state index contributed by atoms with van der Waals surface area (Å²) in [5, 5.41) is 0.788. The molecule has 0 bridgehead atoms. The Morgan fingerprint density at radius 1 is 1.53 bits per heavy atom. The number of aromatic nitrogens is 1. The zero-order valence-electron chi connectivity index (χ0n) is 9.49. The summed E-state index contributed by atoms with van der Waals surface area (Å²) < 4.78 is 0. The molecule has 1 aromatic heterocycles. The Morgan fingerprint density at radius 2 is 2.33 bits per heavy atom. The van der Waals surface area contributed by atoms with Crippen molar-refractivity contribution in [3.63, 3.8) is 0 Å². The first-order valence-corrected chi connectivity index (χ1v) is 6.25. The molecule has 0 saturated heterocycles. The number of nitrogens with zero attached hydrogens (tertiary/aromatic N) is 2. The van der Waals surface area contributed by atoms with E-state index in [1.165, 1.54) is 17.7 Å². The van der Waals surface area contributed by atoms with Crippen LogP contribution in [0.3, 0.4) is 0 Å². The molecule has 1 rings (SSSR count). The van der Waals surface area contributed by atoms with E-state index in [0.29, 0.717) is 0 Å². The summed E-state index contributed by atoms with van der Waals surface area (Å²) in [4.78, 5) is 7.85. The van der Waals surface area contributed by atoms with Crippen LogP contribution in [0.4, 0.5) is 5.13 Å². The Kier molecular flexibility index (Phi) is 5.60. The lowest BCUT2D eigenvalue weighted by atomic mass is 10.3. The van der Waals surface area contributed by atoms with Crippen LogP contribution in [-0.4, -0.2) is 23.0 Å². The molecule has 1 aromatic rings. The molecule has 5 heteroatoms. The van der Waals surface area contributed by atoms with Gasteiger partial charge < -0.3 is 0 Å². The normalized spacial score (nSPS) is 10.9. The summed E-state index contributed by atoms with van der Waals surface area (Å²) in [7, 11) is 0. The van der Waals surface area contributed by atoms with Gasteiger partial charge in [-0.2, -0.15) is 0 Å². The van der Waals surface area contributed by atoms with E-state index < -0.39 is 0 Å². The van der Waals surface area contributed by atoms with Crippen molar-refractivity contribution in [1.29, 1.82) is 0 Å². The van der Waals surface area contributed by atoms with Gasteiger partial charge in [0.1, 0.15) is 0 Å². The zero-order valence-corrected chi connectivity index (χ0v) is 10.3. The lowest BCUT2D eigenvalue weighted by Gasteiger charge is -2.18. The summed E-state index contributed by atoms with van der Waals surface area (Å²) in [6.07, 6.45) is 4.40. The molecular weight excluding hydrogens is 208 g/mol. The van der Waals surface area contributed by atoms with Gasteiger partial charge in [0.15, 0.2) is 5.13 Å². The highest BCUT2D eigenvalue weighted by atomic mass is 32.1. The van der Waals surface area contributed by atoms with Gasteiger partial charge in [0.25, 0.3) is 0 Å².